The Labute approximate surface area is 92.8 Å². The third-order valence-electron chi connectivity index (χ3n) is 1.85. The molecule has 0 saturated carbocycles. The van der Waals surface area contributed by atoms with Crippen LogP contribution in [-0.2, 0) is 11.2 Å². The molecule has 0 unspecified atom stereocenters. The third kappa shape index (κ3) is 3.92. The summed E-state index contributed by atoms with van der Waals surface area (Å²) in [5, 5.41) is 3.78. The van der Waals surface area contributed by atoms with Gasteiger partial charge in [-0.3, -0.25) is 4.79 Å². The maximum atomic E-state index is 10.8. The van der Waals surface area contributed by atoms with Gasteiger partial charge in [-0.25, -0.2) is 0 Å². The van der Waals surface area contributed by atoms with E-state index in [1.54, 1.807) is 0 Å². The smallest absolute Gasteiger partial charge is 0.221 e. The molecular formula is C11H14BrNO. The van der Waals surface area contributed by atoms with Crippen molar-refractivity contribution < 1.29 is 4.79 Å². The van der Waals surface area contributed by atoms with Crippen molar-refractivity contribution in [1.29, 1.82) is 0 Å². The second kappa shape index (κ2) is 5.81. The van der Waals surface area contributed by atoms with Crippen molar-refractivity contribution in [3.8, 4) is 0 Å². The van der Waals surface area contributed by atoms with Gasteiger partial charge in [0.15, 0.2) is 0 Å². The number of amides is 1. The summed E-state index contributed by atoms with van der Waals surface area (Å²) in [7, 11) is 0. The zero-order valence-electron chi connectivity index (χ0n) is 8.22. The zero-order valence-corrected chi connectivity index (χ0v) is 9.80. The lowest BCUT2D eigenvalue weighted by Gasteiger charge is -2.04. The van der Waals surface area contributed by atoms with Crippen LogP contribution >= 0.6 is 15.9 Å². The van der Waals surface area contributed by atoms with Crippen LogP contribution in [0.3, 0.4) is 0 Å². The molecule has 1 aromatic carbocycles. The number of alkyl halides is 1. The molecule has 1 aromatic rings. The van der Waals surface area contributed by atoms with Gasteiger partial charge in [-0.2, -0.15) is 0 Å². The van der Waals surface area contributed by atoms with Gasteiger partial charge in [-0.1, -0.05) is 28.1 Å². The van der Waals surface area contributed by atoms with E-state index < -0.39 is 0 Å². The number of carbonyl (C=O) groups is 1. The quantitative estimate of drug-likeness (QED) is 0.824. The topological polar surface area (TPSA) is 29.1 Å². The lowest BCUT2D eigenvalue weighted by Crippen LogP contribution is -2.05. The molecule has 1 rings (SSSR count). The number of hydrogen-bond acceptors (Lipinski definition) is 1. The number of anilines is 1. The molecule has 0 spiro atoms. The zero-order chi connectivity index (χ0) is 10.4. The van der Waals surface area contributed by atoms with E-state index in [-0.39, 0.29) is 5.91 Å². The number of carbonyl (C=O) groups excluding carboxylic acids is 1. The average molecular weight is 256 g/mol. The highest BCUT2D eigenvalue weighted by Gasteiger charge is 1.97. The van der Waals surface area contributed by atoms with Crippen LogP contribution in [-0.4, -0.2) is 11.2 Å². The highest BCUT2D eigenvalue weighted by Crippen LogP contribution is 2.12. The SMILES string of the molecule is CC(=O)Nc1cccc(CCCBr)c1. The highest BCUT2D eigenvalue weighted by molar-refractivity contribution is 9.09. The van der Waals surface area contributed by atoms with E-state index in [0.717, 1.165) is 23.9 Å². The van der Waals surface area contributed by atoms with Gasteiger partial charge >= 0.3 is 0 Å². The van der Waals surface area contributed by atoms with Gasteiger partial charge in [-0.15, -0.1) is 0 Å². The predicted molar refractivity (Wildman–Crippen MR) is 62.9 cm³/mol. The monoisotopic (exact) mass is 255 g/mol. The van der Waals surface area contributed by atoms with E-state index in [4.69, 9.17) is 0 Å². The summed E-state index contributed by atoms with van der Waals surface area (Å²) >= 11 is 3.40. The summed E-state index contributed by atoms with van der Waals surface area (Å²) in [6.45, 7) is 1.52. The third-order valence-corrected chi connectivity index (χ3v) is 2.41. The fourth-order valence-corrected chi connectivity index (χ4v) is 1.56. The maximum absolute atomic E-state index is 10.8. The van der Waals surface area contributed by atoms with Crippen LogP contribution in [0.4, 0.5) is 5.69 Å². The van der Waals surface area contributed by atoms with Gasteiger partial charge in [0.1, 0.15) is 0 Å². The molecule has 3 heteroatoms. The molecule has 0 aliphatic heterocycles. The van der Waals surface area contributed by atoms with Crippen LogP contribution in [0.15, 0.2) is 24.3 Å². The lowest BCUT2D eigenvalue weighted by atomic mass is 10.1. The van der Waals surface area contributed by atoms with Gasteiger partial charge in [0.05, 0.1) is 0 Å². The normalized spacial score (nSPS) is 9.86. The summed E-state index contributed by atoms with van der Waals surface area (Å²) < 4.78 is 0. The van der Waals surface area contributed by atoms with Crippen molar-refractivity contribution in [3.63, 3.8) is 0 Å². The van der Waals surface area contributed by atoms with E-state index in [1.807, 2.05) is 18.2 Å². The Hall–Kier alpha value is -0.830. The molecule has 0 heterocycles. The van der Waals surface area contributed by atoms with Crippen molar-refractivity contribution >= 4 is 27.5 Å². The molecule has 14 heavy (non-hydrogen) atoms. The molecule has 0 aliphatic rings. The van der Waals surface area contributed by atoms with Gasteiger partial charge in [-0.05, 0) is 30.5 Å². The molecule has 2 nitrogen and oxygen atoms in total. The van der Waals surface area contributed by atoms with E-state index in [1.165, 1.54) is 12.5 Å². The van der Waals surface area contributed by atoms with Gasteiger partial charge < -0.3 is 5.32 Å². The van der Waals surface area contributed by atoms with Crippen molar-refractivity contribution in [2.75, 3.05) is 10.6 Å². The fraction of sp³-hybridized carbons (Fsp3) is 0.364. The summed E-state index contributed by atoms with van der Waals surface area (Å²) in [4.78, 5) is 10.8. The Morgan fingerprint density at radius 1 is 1.50 bits per heavy atom. The van der Waals surface area contributed by atoms with Crippen molar-refractivity contribution in [2.24, 2.45) is 0 Å². The van der Waals surface area contributed by atoms with Crippen LogP contribution in [0, 0.1) is 0 Å². The number of aryl methyl sites for hydroxylation is 1. The summed E-state index contributed by atoms with van der Waals surface area (Å²) in [6.07, 6.45) is 2.15. The molecule has 0 aromatic heterocycles. The van der Waals surface area contributed by atoms with Crippen LogP contribution in [0.25, 0.3) is 0 Å². The summed E-state index contributed by atoms with van der Waals surface area (Å²) in [5.74, 6) is -0.0253. The van der Waals surface area contributed by atoms with Crippen LogP contribution in [0.1, 0.15) is 18.9 Å². The van der Waals surface area contributed by atoms with E-state index >= 15 is 0 Å². The minimum Gasteiger partial charge on any atom is -0.326 e. The predicted octanol–water partition coefficient (Wildman–Crippen LogP) is 2.97. The molecule has 0 fully saturated rings. The molecule has 0 radical (unpaired) electrons. The first kappa shape index (κ1) is 11.2. The average Bonchev–Trinajstić information content (AvgIpc) is 2.14. The number of hydrogen-bond donors (Lipinski definition) is 1. The lowest BCUT2D eigenvalue weighted by molar-refractivity contribution is -0.114. The standard InChI is InChI=1S/C11H14BrNO/c1-9(14)13-11-6-2-4-10(8-11)5-3-7-12/h2,4,6,8H,3,5,7H2,1H3,(H,13,14). The largest absolute Gasteiger partial charge is 0.326 e. The van der Waals surface area contributed by atoms with E-state index in [2.05, 4.69) is 27.3 Å². The van der Waals surface area contributed by atoms with Crippen LogP contribution in [0.2, 0.25) is 0 Å². The second-order valence-corrected chi connectivity index (χ2v) is 3.97. The molecule has 0 atom stereocenters. The number of nitrogens with one attached hydrogen (secondary N) is 1. The van der Waals surface area contributed by atoms with E-state index in [9.17, 15) is 4.79 Å². The second-order valence-electron chi connectivity index (χ2n) is 3.17. The molecule has 1 amide bonds. The number of halogens is 1. The molecule has 0 saturated heterocycles. The van der Waals surface area contributed by atoms with Gasteiger partial charge in [0, 0.05) is 17.9 Å². The van der Waals surface area contributed by atoms with Gasteiger partial charge in [0.25, 0.3) is 0 Å². The molecule has 76 valence electrons. The van der Waals surface area contributed by atoms with Crippen molar-refractivity contribution in [2.45, 2.75) is 19.8 Å². The fourth-order valence-electron chi connectivity index (χ4n) is 1.28. The van der Waals surface area contributed by atoms with Crippen molar-refractivity contribution in [3.05, 3.63) is 29.8 Å². The van der Waals surface area contributed by atoms with Gasteiger partial charge in [0.2, 0.25) is 5.91 Å². The Bertz CT molecular complexity index is 312. The van der Waals surface area contributed by atoms with E-state index in [0.29, 0.717) is 0 Å². The summed E-state index contributed by atoms with van der Waals surface area (Å²) in [6, 6.07) is 7.96. The Balaban J connectivity index is 2.63. The van der Waals surface area contributed by atoms with Crippen molar-refractivity contribution in [1.82, 2.24) is 0 Å². The number of rotatable bonds is 4. The number of benzene rings is 1. The summed E-state index contributed by atoms with van der Waals surface area (Å²) in [5.41, 5.74) is 2.14. The molecular weight excluding hydrogens is 242 g/mol. The first-order valence-electron chi connectivity index (χ1n) is 4.65. The molecule has 0 aliphatic carbocycles. The highest BCUT2D eigenvalue weighted by atomic mass is 79.9. The minimum atomic E-state index is -0.0253. The molecule has 1 N–H and O–H groups in total. The maximum Gasteiger partial charge on any atom is 0.221 e. The Morgan fingerprint density at radius 3 is 2.93 bits per heavy atom. The molecule has 0 bridgehead atoms. The van der Waals surface area contributed by atoms with Crippen LogP contribution < -0.4 is 5.32 Å². The Kier molecular flexibility index (Phi) is 4.66. The first-order valence-corrected chi connectivity index (χ1v) is 5.77. The first-order chi connectivity index (χ1) is 6.72. The Morgan fingerprint density at radius 2 is 2.29 bits per heavy atom. The van der Waals surface area contributed by atoms with Crippen LogP contribution in [0.5, 0.6) is 0 Å². The minimum absolute atomic E-state index is 0.0253.